The standard InChI is InChI=1S/C31H28F3N3O3/c32-31(33,34)26-11-16-29(35-21-26)39-27-12-14-28(15-13-27)40-30(38)37-18-4-17-36(19-20-37)22-23-7-9-25(10-8-23)24-5-2-1-3-6-24/h1-3,5-16,21H,4,17-20,22H2. The molecule has 3 aromatic carbocycles. The van der Waals surface area contributed by atoms with E-state index in [0.29, 0.717) is 24.6 Å². The number of benzene rings is 3. The molecule has 4 aromatic rings. The van der Waals surface area contributed by atoms with Crippen molar-refractivity contribution >= 4 is 6.09 Å². The lowest BCUT2D eigenvalue weighted by molar-refractivity contribution is -0.137. The monoisotopic (exact) mass is 547 g/mol. The third-order valence-corrected chi connectivity index (χ3v) is 6.63. The minimum absolute atomic E-state index is 0.0269. The first-order valence-electron chi connectivity index (χ1n) is 13.0. The number of carbonyl (C=O) groups is 1. The van der Waals surface area contributed by atoms with E-state index >= 15 is 0 Å². The highest BCUT2D eigenvalue weighted by molar-refractivity contribution is 5.70. The number of alkyl halides is 3. The van der Waals surface area contributed by atoms with Gasteiger partial charge in [0.1, 0.15) is 11.5 Å². The van der Waals surface area contributed by atoms with Crippen LogP contribution >= 0.6 is 0 Å². The van der Waals surface area contributed by atoms with Crippen LogP contribution in [0, 0.1) is 0 Å². The fraction of sp³-hybridized carbons (Fsp3) is 0.226. The van der Waals surface area contributed by atoms with Crippen LogP contribution in [0.1, 0.15) is 17.5 Å². The van der Waals surface area contributed by atoms with E-state index in [4.69, 9.17) is 9.47 Å². The van der Waals surface area contributed by atoms with Crippen molar-refractivity contribution in [3.63, 3.8) is 0 Å². The van der Waals surface area contributed by atoms with Gasteiger partial charge < -0.3 is 14.4 Å². The minimum Gasteiger partial charge on any atom is -0.439 e. The first-order valence-corrected chi connectivity index (χ1v) is 13.0. The van der Waals surface area contributed by atoms with Crippen LogP contribution in [-0.2, 0) is 12.7 Å². The van der Waals surface area contributed by atoms with Crippen LogP contribution in [-0.4, -0.2) is 47.1 Å². The van der Waals surface area contributed by atoms with Crippen LogP contribution in [0.25, 0.3) is 11.1 Å². The van der Waals surface area contributed by atoms with Gasteiger partial charge in [0, 0.05) is 45.0 Å². The second-order valence-corrected chi connectivity index (χ2v) is 9.50. The molecule has 6 nitrogen and oxygen atoms in total. The predicted molar refractivity (Wildman–Crippen MR) is 145 cm³/mol. The minimum atomic E-state index is -4.46. The molecule has 0 atom stereocenters. The number of aromatic nitrogens is 1. The number of hydrogen-bond donors (Lipinski definition) is 0. The molecule has 0 spiro atoms. The topological polar surface area (TPSA) is 54.9 Å². The van der Waals surface area contributed by atoms with E-state index in [2.05, 4.69) is 46.3 Å². The van der Waals surface area contributed by atoms with E-state index in [9.17, 15) is 18.0 Å². The summed E-state index contributed by atoms with van der Waals surface area (Å²) in [5, 5.41) is 0. The molecule has 9 heteroatoms. The van der Waals surface area contributed by atoms with E-state index in [0.717, 1.165) is 44.4 Å². The zero-order valence-electron chi connectivity index (χ0n) is 21.7. The van der Waals surface area contributed by atoms with Crippen LogP contribution in [0.4, 0.5) is 18.0 Å². The number of rotatable bonds is 6. The molecule has 1 saturated heterocycles. The first kappa shape index (κ1) is 27.2. The van der Waals surface area contributed by atoms with Crippen molar-refractivity contribution in [1.82, 2.24) is 14.8 Å². The normalized spacial score (nSPS) is 14.4. The Hall–Kier alpha value is -4.37. The Morgan fingerprint density at radius 1 is 0.775 bits per heavy atom. The maximum Gasteiger partial charge on any atom is 0.417 e. The smallest absolute Gasteiger partial charge is 0.417 e. The van der Waals surface area contributed by atoms with E-state index in [-0.39, 0.29) is 5.88 Å². The number of halogens is 3. The Bertz CT molecular complexity index is 1390. The molecule has 0 aliphatic carbocycles. The number of pyridine rings is 1. The van der Waals surface area contributed by atoms with Gasteiger partial charge in [-0.05, 0) is 53.4 Å². The lowest BCUT2D eigenvalue weighted by Crippen LogP contribution is -2.36. The van der Waals surface area contributed by atoms with Gasteiger partial charge in [-0.25, -0.2) is 9.78 Å². The zero-order valence-corrected chi connectivity index (χ0v) is 21.7. The molecule has 1 fully saturated rings. The van der Waals surface area contributed by atoms with E-state index in [1.165, 1.54) is 16.7 Å². The Morgan fingerprint density at radius 3 is 2.15 bits per heavy atom. The second kappa shape index (κ2) is 12.2. The van der Waals surface area contributed by atoms with Gasteiger partial charge in [-0.2, -0.15) is 13.2 Å². The van der Waals surface area contributed by atoms with Crippen LogP contribution in [0.15, 0.2) is 97.2 Å². The van der Waals surface area contributed by atoms with Crippen molar-refractivity contribution in [1.29, 1.82) is 0 Å². The zero-order chi connectivity index (χ0) is 28.0. The molecule has 1 aromatic heterocycles. The van der Waals surface area contributed by atoms with Gasteiger partial charge in [0.05, 0.1) is 5.56 Å². The highest BCUT2D eigenvalue weighted by atomic mass is 19.4. The molecule has 0 bridgehead atoms. The van der Waals surface area contributed by atoms with Crippen LogP contribution in [0.3, 0.4) is 0 Å². The SMILES string of the molecule is O=C(Oc1ccc(Oc2ccc(C(F)(F)F)cn2)cc1)N1CCCN(Cc2ccc(-c3ccccc3)cc2)CC1. The summed E-state index contributed by atoms with van der Waals surface area (Å²) in [6.45, 7) is 3.59. The van der Waals surface area contributed by atoms with Crippen molar-refractivity contribution in [2.75, 3.05) is 26.2 Å². The van der Waals surface area contributed by atoms with Gasteiger partial charge in [-0.15, -0.1) is 0 Å². The number of nitrogens with zero attached hydrogens (tertiary/aromatic N) is 3. The molecule has 1 aliphatic heterocycles. The molecule has 1 amide bonds. The fourth-order valence-corrected chi connectivity index (χ4v) is 4.47. The predicted octanol–water partition coefficient (Wildman–Crippen LogP) is 7.27. The Balaban J connectivity index is 1.10. The highest BCUT2D eigenvalue weighted by Gasteiger charge is 2.30. The van der Waals surface area contributed by atoms with Crippen molar-refractivity contribution < 1.29 is 27.4 Å². The molecule has 0 N–H and O–H groups in total. The maximum absolute atomic E-state index is 12.8. The highest BCUT2D eigenvalue weighted by Crippen LogP contribution is 2.30. The summed E-state index contributed by atoms with van der Waals surface area (Å²) in [6, 6.07) is 27.2. The quantitative estimate of drug-likeness (QED) is 0.254. The number of amides is 1. The first-order chi connectivity index (χ1) is 19.3. The fourth-order valence-electron chi connectivity index (χ4n) is 4.47. The maximum atomic E-state index is 12.8. The molecule has 1 aliphatic rings. The molecule has 0 saturated carbocycles. The average Bonchev–Trinajstić information content (AvgIpc) is 3.20. The number of carbonyl (C=O) groups excluding carboxylic acids is 1. The lowest BCUT2D eigenvalue weighted by atomic mass is 10.0. The molecular formula is C31H28F3N3O3. The van der Waals surface area contributed by atoms with Crippen LogP contribution in [0.5, 0.6) is 17.4 Å². The summed E-state index contributed by atoms with van der Waals surface area (Å²) in [5.41, 5.74) is 2.75. The van der Waals surface area contributed by atoms with Gasteiger partial charge >= 0.3 is 12.3 Å². The Labute approximate surface area is 230 Å². The molecular weight excluding hydrogens is 519 g/mol. The van der Waals surface area contributed by atoms with Gasteiger partial charge in [0.2, 0.25) is 5.88 Å². The molecule has 40 heavy (non-hydrogen) atoms. The summed E-state index contributed by atoms with van der Waals surface area (Å²) in [7, 11) is 0. The summed E-state index contributed by atoms with van der Waals surface area (Å²) >= 11 is 0. The average molecular weight is 548 g/mol. The summed E-state index contributed by atoms with van der Waals surface area (Å²) in [5.74, 6) is 0.727. The molecule has 206 valence electrons. The van der Waals surface area contributed by atoms with Gasteiger partial charge in [0.25, 0.3) is 0 Å². The van der Waals surface area contributed by atoms with Crippen molar-refractivity contribution in [2.24, 2.45) is 0 Å². The third-order valence-electron chi connectivity index (χ3n) is 6.63. The molecule has 2 heterocycles. The summed E-state index contributed by atoms with van der Waals surface area (Å²) < 4.78 is 49.1. The van der Waals surface area contributed by atoms with Gasteiger partial charge in [0.15, 0.2) is 0 Å². The molecule has 0 radical (unpaired) electrons. The van der Waals surface area contributed by atoms with E-state index in [1.807, 2.05) is 18.2 Å². The summed E-state index contributed by atoms with van der Waals surface area (Å²) in [4.78, 5) is 20.5. The molecule has 0 unspecified atom stereocenters. The van der Waals surface area contributed by atoms with Crippen molar-refractivity contribution in [3.8, 4) is 28.5 Å². The van der Waals surface area contributed by atoms with E-state index < -0.39 is 17.8 Å². The second-order valence-electron chi connectivity index (χ2n) is 9.50. The number of ether oxygens (including phenoxy) is 2. The van der Waals surface area contributed by atoms with Gasteiger partial charge in [-0.1, -0.05) is 54.6 Å². The van der Waals surface area contributed by atoms with Crippen LogP contribution in [0.2, 0.25) is 0 Å². The Kier molecular flexibility index (Phi) is 8.31. The van der Waals surface area contributed by atoms with Crippen molar-refractivity contribution in [3.05, 3.63) is 108 Å². The van der Waals surface area contributed by atoms with E-state index in [1.54, 1.807) is 29.2 Å². The van der Waals surface area contributed by atoms with Crippen molar-refractivity contribution in [2.45, 2.75) is 19.1 Å². The van der Waals surface area contributed by atoms with Crippen LogP contribution < -0.4 is 9.47 Å². The summed E-state index contributed by atoms with van der Waals surface area (Å²) in [6.07, 6.45) is -3.33. The number of hydrogen-bond acceptors (Lipinski definition) is 5. The lowest BCUT2D eigenvalue weighted by Gasteiger charge is -2.21. The molecule has 5 rings (SSSR count). The Morgan fingerprint density at radius 2 is 1.48 bits per heavy atom. The van der Waals surface area contributed by atoms with Gasteiger partial charge in [-0.3, -0.25) is 4.90 Å². The third kappa shape index (κ3) is 7.18. The largest absolute Gasteiger partial charge is 0.439 e.